The molecule has 1 aromatic carbocycles. The van der Waals surface area contributed by atoms with Gasteiger partial charge in [0.05, 0.1) is 5.69 Å². The van der Waals surface area contributed by atoms with E-state index in [4.69, 9.17) is 16.6 Å². The molecule has 1 amide bonds. The Morgan fingerprint density at radius 1 is 1.33 bits per heavy atom. The highest BCUT2D eigenvalue weighted by molar-refractivity contribution is 7.89. The number of hydrogen-bond acceptors (Lipinski definition) is 5. The Hall–Kier alpha value is -1.80. The number of primary amides is 1. The van der Waals surface area contributed by atoms with Gasteiger partial charge < -0.3 is 16.8 Å². The summed E-state index contributed by atoms with van der Waals surface area (Å²) >= 11 is 0. The van der Waals surface area contributed by atoms with E-state index >= 15 is 0 Å². The summed E-state index contributed by atoms with van der Waals surface area (Å²) in [4.78, 5) is 11.0. The topological polar surface area (TPSA) is 141 Å². The van der Waals surface area contributed by atoms with E-state index in [1.807, 2.05) is 0 Å². The molecule has 0 fully saturated rings. The molecule has 0 saturated carbocycles. The summed E-state index contributed by atoms with van der Waals surface area (Å²) in [5.41, 5.74) is 10.0. The van der Waals surface area contributed by atoms with E-state index in [1.165, 1.54) is 32.0 Å². The second-order valence-corrected chi connectivity index (χ2v) is 5.94. The van der Waals surface area contributed by atoms with Crippen LogP contribution in [-0.4, -0.2) is 19.9 Å². The molecule has 0 spiro atoms. The maximum Gasteiger partial charge on any atom is 0.242 e. The first-order chi connectivity index (χ1) is 8.04. The lowest BCUT2D eigenvalue weighted by Crippen LogP contribution is -2.45. The van der Waals surface area contributed by atoms with Crippen molar-refractivity contribution in [1.29, 1.82) is 0 Å². The number of primary sulfonamides is 1. The van der Waals surface area contributed by atoms with Crippen LogP contribution in [0.1, 0.15) is 13.8 Å². The zero-order chi connectivity index (χ0) is 14.1. The fourth-order valence-electron chi connectivity index (χ4n) is 1.28. The number of carbonyl (C=O) groups is 1. The number of carbonyl (C=O) groups excluding carboxylic acids is 1. The molecule has 18 heavy (non-hydrogen) atoms. The summed E-state index contributed by atoms with van der Waals surface area (Å²) in [5.74, 6) is -0.625. The highest BCUT2D eigenvalue weighted by atomic mass is 32.2. The van der Waals surface area contributed by atoms with Gasteiger partial charge >= 0.3 is 0 Å². The van der Waals surface area contributed by atoms with Gasteiger partial charge in [0.15, 0.2) is 0 Å². The van der Waals surface area contributed by atoms with Crippen molar-refractivity contribution < 1.29 is 13.2 Å². The van der Waals surface area contributed by atoms with E-state index in [1.54, 1.807) is 0 Å². The van der Waals surface area contributed by atoms with Gasteiger partial charge in [-0.3, -0.25) is 4.79 Å². The molecule has 0 heterocycles. The fourth-order valence-corrected chi connectivity index (χ4v) is 2.00. The van der Waals surface area contributed by atoms with Crippen LogP contribution in [0, 0.1) is 0 Å². The van der Waals surface area contributed by atoms with Gasteiger partial charge in [0, 0.05) is 5.69 Å². The number of amides is 1. The van der Waals surface area contributed by atoms with E-state index in [9.17, 15) is 13.2 Å². The van der Waals surface area contributed by atoms with Gasteiger partial charge in [-0.2, -0.15) is 0 Å². The zero-order valence-electron chi connectivity index (χ0n) is 10.1. The van der Waals surface area contributed by atoms with Crippen molar-refractivity contribution in [1.82, 2.24) is 0 Å². The number of nitrogens with one attached hydrogen (secondary N) is 1. The highest BCUT2D eigenvalue weighted by Crippen LogP contribution is 2.25. The predicted octanol–water partition coefficient (Wildman–Crippen LogP) is -0.408. The molecule has 0 saturated heterocycles. The Bertz CT molecular complexity index is 581. The van der Waals surface area contributed by atoms with Crippen molar-refractivity contribution in [2.45, 2.75) is 24.3 Å². The molecule has 0 bridgehead atoms. The van der Waals surface area contributed by atoms with Gasteiger partial charge in [0.1, 0.15) is 10.4 Å². The molecule has 7 nitrogen and oxygen atoms in total. The molecular formula is C10H16N4O3S. The molecule has 0 aliphatic carbocycles. The van der Waals surface area contributed by atoms with Crippen molar-refractivity contribution in [3.8, 4) is 0 Å². The number of sulfonamides is 1. The molecule has 1 rings (SSSR count). The SMILES string of the molecule is CC(C)(Nc1ccc(N)cc1S(N)(=O)=O)C(N)=O. The maximum atomic E-state index is 11.4. The van der Waals surface area contributed by atoms with Crippen LogP contribution in [0.2, 0.25) is 0 Å². The lowest BCUT2D eigenvalue weighted by molar-refractivity contribution is -0.121. The van der Waals surface area contributed by atoms with Crippen LogP contribution in [0.4, 0.5) is 11.4 Å². The number of benzene rings is 1. The van der Waals surface area contributed by atoms with Crippen LogP contribution in [0.5, 0.6) is 0 Å². The normalized spacial score (nSPS) is 12.2. The predicted molar refractivity (Wildman–Crippen MR) is 69.1 cm³/mol. The largest absolute Gasteiger partial charge is 0.399 e. The quantitative estimate of drug-likeness (QED) is 0.551. The first-order valence-corrected chi connectivity index (χ1v) is 6.59. The molecule has 8 heteroatoms. The second kappa shape index (κ2) is 4.46. The molecule has 0 aromatic heterocycles. The lowest BCUT2D eigenvalue weighted by Gasteiger charge is -2.25. The summed E-state index contributed by atoms with van der Waals surface area (Å²) in [6.45, 7) is 3.05. The summed E-state index contributed by atoms with van der Waals surface area (Å²) in [6.07, 6.45) is 0. The molecule has 0 radical (unpaired) electrons. The van der Waals surface area contributed by atoms with Crippen LogP contribution in [0.3, 0.4) is 0 Å². The zero-order valence-corrected chi connectivity index (χ0v) is 10.9. The van der Waals surface area contributed by atoms with E-state index in [0.717, 1.165) is 0 Å². The number of rotatable bonds is 4. The van der Waals surface area contributed by atoms with Crippen LogP contribution < -0.4 is 21.9 Å². The van der Waals surface area contributed by atoms with Crippen LogP contribution in [-0.2, 0) is 14.8 Å². The number of hydrogen-bond donors (Lipinski definition) is 4. The minimum absolute atomic E-state index is 0.176. The molecule has 0 unspecified atom stereocenters. The van der Waals surface area contributed by atoms with Crippen molar-refractivity contribution >= 4 is 27.3 Å². The van der Waals surface area contributed by atoms with E-state index in [2.05, 4.69) is 5.32 Å². The molecule has 0 aliphatic rings. The fraction of sp³-hybridized carbons (Fsp3) is 0.300. The Kier molecular flexibility index (Phi) is 3.54. The molecule has 100 valence electrons. The minimum atomic E-state index is -3.95. The van der Waals surface area contributed by atoms with Crippen LogP contribution in [0.15, 0.2) is 23.1 Å². The lowest BCUT2D eigenvalue weighted by atomic mass is 10.0. The third-order valence-electron chi connectivity index (χ3n) is 2.38. The summed E-state index contributed by atoms with van der Waals surface area (Å²) in [6, 6.07) is 4.14. The average molecular weight is 272 g/mol. The third-order valence-corrected chi connectivity index (χ3v) is 3.33. The van der Waals surface area contributed by atoms with Crippen LogP contribution in [0.25, 0.3) is 0 Å². The summed E-state index contributed by atoms with van der Waals surface area (Å²) < 4.78 is 22.9. The molecular weight excluding hydrogens is 256 g/mol. The number of nitrogen functional groups attached to an aromatic ring is 1. The van der Waals surface area contributed by atoms with Gasteiger partial charge in [-0.1, -0.05) is 0 Å². The molecule has 1 aromatic rings. The van der Waals surface area contributed by atoms with Crippen molar-refractivity contribution in [2.75, 3.05) is 11.1 Å². The Morgan fingerprint density at radius 3 is 2.33 bits per heavy atom. The maximum absolute atomic E-state index is 11.4. The number of nitrogens with two attached hydrogens (primary N) is 3. The first-order valence-electron chi connectivity index (χ1n) is 5.04. The van der Waals surface area contributed by atoms with Crippen molar-refractivity contribution in [3.63, 3.8) is 0 Å². The van der Waals surface area contributed by atoms with Gasteiger partial charge in [0.2, 0.25) is 15.9 Å². The smallest absolute Gasteiger partial charge is 0.242 e. The summed E-state index contributed by atoms with van der Waals surface area (Å²) in [7, 11) is -3.95. The summed E-state index contributed by atoms with van der Waals surface area (Å²) in [5, 5.41) is 7.81. The standard InChI is InChI=1S/C10H16N4O3S/c1-10(2,9(12)15)14-7-4-3-6(11)5-8(7)18(13,16)17/h3-5,14H,11H2,1-2H3,(H2,12,15)(H2,13,16,17). The Labute approximate surface area is 105 Å². The minimum Gasteiger partial charge on any atom is -0.399 e. The van der Waals surface area contributed by atoms with Gasteiger partial charge in [-0.05, 0) is 32.0 Å². The van der Waals surface area contributed by atoms with Gasteiger partial charge in [-0.15, -0.1) is 0 Å². The van der Waals surface area contributed by atoms with Crippen molar-refractivity contribution in [3.05, 3.63) is 18.2 Å². The first kappa shape index (κ1) is 14.3. The van der Waals surface area contributed by atoms with Crippen LogP contribution >= 0.6 is 0 Å². The second-order valence-electron chi connectivity index (χ2n) is 4.41. The monoisotopic (exact) mass is 272 g/mol. The third kappa shape index (κ3) is 3.11. The van der Waals surface area contributed by atoms with Gasteiger partial charge in [-0.25, -0.2) is 13.6 Å². The van der Waals surface area contributed by atoms with E-state index in [-0.39, 0.29) is 16.3 Å². The average Bonchev–Trinajstić information content (AvgIpc) is 2.18. The van der Waals surface area contributed by atoms with Gasteiger partial charge in [0.25, 0.3) is 0 Å². The highest BCUT2D eigenvalue weighted by Gasteiger charge is 2.27. The molecule has 0 aliphatic heterocycles. The number of anilines is 2. The van der Waals surface area contributed by atoms with Crippen molar-refractivity contribution in [2.24, 2.45) is 10.9 Å². The molecule has 7 N–H and O–H groups in total. The van der Waals surface area contributed by atoms with E-state index < -0.39 is 21.5 Å². The Morgan fingerprint density at radius 2 is 1.89 bits per heavy atom. The van der Waals surface area contributed by atoms with E-state index in [0.29, 0.717) is 0 Å². The molecule has 0 atom stereocenters. The Balaban J connectivity index is 3.31.